The summed E-state index contributed by atoms with van der Waals surface area (Å²) in [6, 6.07) is 11.8. The van der Waals surface area contributed by atoms with Gasteiger partial charge in [0, 0.05) is 13.1 Å². The van der Waals surface area contributed by atoms with Gasteiger partial charge in [-0.15, -0.1) is 0 Å². The number of likely N-dealkylation sites (tertiary alicyclic amines) is 1. The normalized spacial score (nSPS) is 16.5. The lowest BCUT2D eigenvalue weighted by molar-refractivity contribution is 0.0722. The Kier molecular flexibility index (Phi) is 8.97. The maximum atomic E-state index is 14.8. The molecule has 1 aromatic heterocycles. The van der Waals surface area contributed by atoms with Crippen LogP contribution >= 0.6 is 0 Å². The lowest BCUT2D eigenvalue weighted by atomic mass is 9.84. The van der Waals surface area contributed by atoms with E-state index in [1.807, 2.05) is 51.1 Å². The molecule has 4 rings (SSSR count). The predicted molar refractivity (Wildman–Crippen MR) is 146 cm³/mol. The molecule has 1 aliphatic rings. The minimum Gasteiger partial charge on any atom is -0.394 e. The number of amides is 2. The van der Waals surface area contributed by atoms with Gasteiger partial charge in [-0.1, -0.05) is 51.1 Å². The molecule has 8 nitrogen and oxygen atoms in total. The maximum Gasteiger partial charge on any atom is 0.320 e. The maximum absolute atomic E-state index is 14.8. The Bertz CT molecular complexity index is 1260. The molecule has 10 heteroatoms. The first-order valence-electron chi connectivity index (χ1n) is 13.5. The van der Waals surface area contributed by atoms with Crippen molar-refractivity contribution >= 4 is 6.03 Å². The topological polar surface area (TPSA) is 101 Å². The van der Waals surface area contributed by atoms with Crippen molar-refractivity contribution in [1.82, 2.24) is 24.6 Å². The minimum atomic E-state index is -0.633. The van der Waals surface area contributed by atoms with Crippen LogP contribution in [0.3, 0.4) is 0 Å². The van der Waals surface area contributed by atoms with Gasteiger partial charge in [0.1, 0.15) is 11.6 Å². The zero-order valence-corrected chi connectivity index (χ0v) is 22.9. The third-order valence-electron chi connectivity index (χ3n) is 7.10. The lowest BCUT2D eigenvalue weighted by Gasteiger charge is -2.42. The summed E-state index contributed by atoms with van der Waals surface area (Å²) in [5, 5.41) is 14.6. The van der Waals surface area contributed by atoms with Crippen LogP contribution in [-0.2, 0) is 6.54 Å². The fraction of sp³-hybridized carbons (Fsp3) is 0.483. The van der Waals surface area contributed by atoms with E-state index in [0.29, 0.717) is 38.4 Å². The summed E-state index contributed by atoms with van der Waals surface area (Å²) >= 11 is 0. The number of rotatable bonds is 9. The number of hydrogen-bond donors (Lipinski definition) is 2. The number of aromatic nitrogens is 3. The number of nitrogens with zero attached hydrogens (tertiary/aromatic N) is 5. The van der Waals surface area contributed by atoms with Gasteiger partial charge < -0.3 is 20.6 Å². The first-order valence-corrected chi connectivity index (χ1v) is 13.5. The number of carbonyl (C=O) groups excluding carboxylic acids is 1. The Balaban J connectivity index is 1.86. The smallest absolute Gasteiger partial charge is 0.320 e. The number of aliphatic hydroxyl groups excluding tert-OH is 1. The summed E-state index contributed by atoms with van der Waals surface area (Å²) in [6.07, 6.45) is 2.11. The average molecular weight is 541 g/mol. The minimum absolute atomic E-state index is 0.0459. The van der Waals surface area contributed by atoms with E-state index in [1.54, 1.807) is 14.5 Å². The molecule has 1 aliphatic heterocycles. The molecule has 1 fully saturated rings. The highest BCUT2D eigenvalue weighted by Crippen LogP contribution is 2.40. The zero-order valence-electron chi connectivity index (χ0n) is 22.9. The van der Waals surface area contributed by atoms with Crippen LogP contribution in [0.15, 0.2) is 48.5 Å². The Labute approximate surface area is 228 Å². The van der Waals surface area contributed by atoms with Gasteiger partial charge in [0.15, 0.2) is 11.6 Å². The van der Waals surface area contributed by atoms with E-state index in [2.05, 4.69) is 5.10 Å². The van der Waals surface area contributed by atoms with Crippen LogP contribution in [0.5, 0.6) is 0 Å². The first-order chi connectivity index (χ1) is 18.6. The van der Waals surface area contributed by atoms with Crippen molar-refractivity contribution in [3.63, 3.8) is 0 Å². The Hall–Kier alpha value is -3.37. The van der Waals surface area contributed by atoms with Gasteiger partial charge in [-0.25, -0.2) is 23.2 Å². The standard InChI is InChI=1S/C29H38F2N6O2/c1-29(2,3)25(36(16-8-14-32)28(39)35-15-7-11-22(35)19-38)27-33-26(23-17-21(30)12-13-24(23)31)34-37(27)18-20-9-5-4-6-10-20/h4-6,9-10,12-13,17,22,25,38H,7-8,11,14-16,18-19,32H2,1-3H3/t22-,25-/m0/s1. The molecule has 1 saturated heterocycles. The molecule has 0 unspecified atom stereocenters. The van der Waals surface area contributed by atoms with Crippen LogP contribution < -0.4 is 5.73 Å². The van der Waals surface area contributed by atoms with Crippen LogP contribution in [0.2, 0.25) is 0 Å². The van der Waals surface area contributed by atoms with Gasteiger partial charge in [0.2, 0.25) is 0 Å². The fourth-order valence-electron chi connectivity index (χ4n) is 5.25. The van der Waals surface area contributed by atoms with E-state index in [1.165, 1.54) is 0 Å². The second-order valence-corrected chi connectivity index (χ2v) is 11.1. The Morgan fingerprint density at radius 3 is 2.62 bits per heavy atom. The predicted octanol–water partition coefficient (Wildman–Crippen LogP) is 4.59. The highest BCUT2D eigenvalue weighted by molar-refractivity contribution is 5.76. The van der Waals surface area contributed by atoms with E-state index >= 15 is 0 Å². The monoisotopic (exact) mass is 540 g/mol. The third kappa shape index (κ3) is 6.45. The van der Waals surface area contributed by atoms with Crippen molar-refractivity contribution in [2.75, 3.05) is 26.2 Å². The Morgan fingerprint density at radius 2 is 1.95 bits per heavy atom. The molecule has 0 bridgehead atoms. The molecule has 210 valence electrons. The van der Waals surface area contributed by atoms with Gasteiger partial charge in [0.05, 0.1) is 30.8 Å². The van der Waals surface area contributed by atoms with Crippen LogP contribution in [0, 0.1) is 17.0 Å². The van der Waals surface area contributed by atoms with Crippen molar-refractivity contribution < 1.29 is 18.7 Å². The van der Waals surface area contributed by atoms with Crippen LogP contribution in [0.4, 0.5) is 13.6 Å². The summed E-state index contributed by atoms with van der Waals surface area (Å²) in [6.45, 7) is 7.57. The van der Waals surface area contributed by atoms with Gasteiger partial charge in [-0.05, 0) is 55.0 Å². The number of carbonyl (C=O) groups is 1. The molecule has 2 atom stereocenters. The van der Waals surface area contributed by atoms with Crippen molar-refractivity contribution in [3.05, 3.63) is 71.6 Å². The Morgan fingerprint density at radius 1 is 1.21 bits per heavy atom. The van der Waals surface area contributed by atoms with E-state index in [-0.39, 0.29) is 30.1 Å². The van der Waals surface area contributed by atoms with E-state index in [4.69, 9.17) is 10.7 Å². The second-order valence-electron chi connectivity index (χ2n) is 11.1. The van der Waals surface area contributed by atoms with Gasteiger partial charge >= 0.3 is 6.03 Å². The highest BCUT2D eigenvalue weighted by atomic mass is 19.1. The fourth-order valence-corrected chi connectivity index (χ4v) is 5.25. The van der Waals surface area contributed by atoms with Gasteiger partial charge in [-0.2, -0.15) is 5.10 Å². The van der Waals surface area contributed by atoms with Crippen LogP contribution in [0.1, 0.15) is 57.5 Å². The summed E-state index contributed by atoms with van der Waals surface area (Å²) in [7, 11) is 0. The number of urea groups is 1. The molecule has 2 amide bonds. The quantitative estimate of drug-likeness (QED) is 0.414. The molecule has 0 saturated carbocycles. The highest BCUT2D eigenvalue weighted by Gasteiger charge is 2.42. The van der Waals surface area contributed by atoms with Gasteiger partial charge in [0.25, 0.3) is 0 Å². The van der Waals surface area contributed by atoms with Crippen LogP contribution in [-0.4, -0.2) is 68.0 Å². The molecule has 2 aromatic carbocycles. The number of benzene rings is 2. The van der Waals surface area contributed by atoms with E-state index < -0.39 is 23.1 Å². The molecule has 0 aliphatic carbocycles. The van der Waals surface area contributed by atoms with Crippen molar-refractivity contribution in [2.45, 2.75) is 58.7 Å². The number of aliphatic hydroxyl groups is 1. The van der Waals surface area contributed by atoms with Crippen molar-refractivity contribution in [2.24, 2.45) is 11.1 Å². The average Bonchev–Trinajstić information content (AvgIpc) is 3.54. The SMILES string of the molecule is CC(C)(C)[C@H](c1nc(-c2cc(F)ccc2F)nn1Cc1ccccc1)N(CCCN)C(=O)N1CCC[C@H]1CO. The first kappa shape index (κ1) is 28.6. The summed E-state index contributed by atoms with van der Waals surface area (Å²) in [4.78, 5) is 22.3. The molecular weight excluding hydrogens is 502 g/mol. The third-order valence-corrected chi connectivity index (χ3v) is 7.10. The van der Waals surface area contributed by atoms with Gasteiger partial charge in [-0.3, -0.25) is 0 Å². The molecular formula is C29H38F2N6O2. The number of nitrogens with two attached hydrogens (primary N) is 1. The van der Waals surface area contributed by atoms with Crippen LogP contribution in [0.25, 0.3) is 11.4 Å². The summed E-state index contributed by atoms with van der Waals surface area (Å²) in [5.41, 5.74) is 6.26. The van der Waals surface area contributed by atoms with Crippen molar-refractivity contribution in [3.8, 4) is 11.4 Å². The van der Waals surface area contributed by atoms with Crippen molar-refractivity contribution in [1.29, 1.82) is 0 Å². The second kappa shape index (κ2) is 12.2. The van der Waals surface area contributed by atoms with E-state index in [0.717, 1.165) is 36.6 Å². The lowest BCUT2D eigenvalue weighted by Crippen LogP contribution is -2.51. The summed E-state index contributed by atoms with van der Waals surface area (Å²) in [5.74, 6) is -0.711. The van der Waals surface area contributed by atoms with E-state index in [9.17, 15) is 18.7 Å². The largest absolute Gasteiger partial charge is 0.394 e. The molecule has 2 heterocycles. The molecule has 0 spiro atoms. The molecule has 0 radical (unpaired) electrons. The number of hydrogen-bond acceptors (Lipinski definition) is 5. The summed E-state index contributed by atoms with van der Waals surface area (Å²) < 4.78 is 30.6. The number of halogens is 2. The molecule has 3 aromatic rings. The zero-order chi connectivity index (χ0) is 28.2. The molecule has 39 heavy (non-hydrogen) atoms. The molecule has 3 N–H and O–H groups in total.